The van der Waals surface area contributed by atoms with Gasteiger partial charge >= 0.3 is 0 Å². The van der Waals surface area contributed by atoms with Crippen molar-refractivity contribution < 1.29 is 9.47 Å². The van der Waals surface area contributed by atoms with Gasteiger partial charge in [0.25, 0.3) is 0 Å². The summed E-state index contributed by atoms with van der Waals surface area (Å²) < 4.78 is 12.5. The number of benzene rings is 1. The van der Waals surface area contributed by atoms with Crippen LogP contribution in [0.3, 0.4) is 0 Å². The molecule has 0 radical (unpaired) electrons. The minimum atomic E-state index is 0.413. The van der Waals surface area contributed by atoms with Crippen molar-refractivity contribution in [3.05, 3.63) is 21.7 Å². The first-order valence-electron chi connectivity index (χ1n) is 7.10. The Morgan fingerprint density at radius 3 is 2.85 bits per heavy atom. The van der Waals surface area contributed by atoms with Gasteiger partial charge in [-0.25, -0.2) is 0 Å². The third kappa shape index (κ3) is 2.32. The van der Waals surface area contributed by atoms with Gasteiger partial charge in [0.05, 0.1) is 4.47 Å². The molecule has 0 spiro atoms. The van der Waals surface area contributed by atoms with Gasteiger partial charge in [-0.1, -0.05) is 0 Å². The zero-order valence-electron chi connectivity index (χ0n) is 12.0. The smallest absolute Gasteiger partial charge is 0.175 e. The van der Waals surface area contributed by atoms with Crippen LogP contribution in [-0.4, -0.2) is 38.3 Å². The molecule has 2 heterocycles. The van der Waals surface area contributed by atoms with Gasteiger partial charge in [0, 0.05) is 12.6 Å². The van der Waals surface area contributed by atoms with Gasteiger partial charge in [0.1, 0.15) is 13.2 Å². The standard InChI is InChI=1S/C15H21BrN2O2/c1-9-11(12-5-10(7-17)8-18(12)2)6-13-15(14(9)16)20-4-3-19-13/h6,10,12H,3-5,7-8,17H2,1-2H3. The van der Waals surface area contributed by atoms with Gasteiger partial charge in [-0.3, -0.25) is 4.90 Å². The van der Waals surface area contributed by atoms with Crippen LogP contribution < -0.4 is 15.2 Å². The Kier molecular flexibility index (Phi) is 3.93. The lowest BCUT2D eigenvalue weighted by Crippen LogP contribution is -2.22. The molecule has 0 amide bonds. The van der Waals surface area contributed by atoms with Crippen LogP contribution in [0.2, 0.25) is 0 Å². The second-order valence-corrected chi connectivity index (χ2v) is 6.51. The lowest BCUT2D eigenvalue weighted by Gasteiger charge is -2.26. The molecule has 2 aliphatic rings. The highest BCUT2D eigenvalue weighted by Crippen LogP contribution is 2.45. The van der Waals surface area contributed by atoms with Gasteiger partial charge in [0.15, 0.2) is 11.5 Å². The number of ether oxygens (including phenoxy) is 2. The second-order valence-electron chi connectivity index (χ2n) is 5.72. The van der Waals surface area contributed by atoms with Gasteiger partial charge < -0.3 is 15.2 Å². The highest BCUT2D eigenvalue weighted by atomic mass is 79.9. The molecule has 1 fully saturated rings. The average Bonchev–Trinajstić information content (AvgIpc) is 2.84. The highest BCUT2D eigenvalue weighted by molar-refractivity contribution is 9.10. The monoisotopic (exact) mass is 340 g/mol. The molecular weight excluding hydrogens is 320 g/mol. The number of nitrogens with zero attached hydrogens (tertiary/aromatic N) is 1. The Morgan fingerprint density at radius 1 is 1.40 bits per heavy atom. The molecule has 2 unspecified atom stereocenters. The highest BCUT2D eigenvalue weighted by Gasteiger charge is 2.32. The Labute approximate surface area is 128 Å². The fraction of sp³-hybridized carbons (Fsp3) is 0.600. The summed E-state index contributed by atoms with van der Waals surface area (Å²) in [5.41, 5.74) is 8.39. The minimum Gasteiger partial charge on any atom is -0.486 e. The summed E-state index contributed by atoms with van der Waals surface area (Å²) in [5, 5.41) is 0. The molecule has 4 nitrogen and oxygen atoms in total. The number of likely N-dealkylation sites (tertiary alicyclic amines) is 1. The van der Waals surface area contributed by atoms with Crippen LogP contribution in [0.4, 0.5) is 0 Å². The van der Waals surface area contributed by atoms with E-state index in [-0.39, 0.29) is 0 Å². The number of hydrogen-bond donors (Lipinski definition) is 1. The first kappa shape index (κ1) is 14.2. The van der Waals surface area contributed by atoms with Crippen molar-refractivity contribution in [3.63, 3.8) is 0 Å². The molecule has 3 rings (SSSR count). The number of fused-ring (bicyclic) bond motifs is 1. The van der Waals surface area contributed by atoms with Crippen LogP contribution in [0.25, 0.3) is 0 Å². The van der Waals surface area contributed by atoms with Crippen molar-refractivity contribution in [3.8, 4) is 11.5 Å². The molecule has 2 N–H and O–H groups in total. The van der Waals surface area contributed by atoms with Gasteiger partial charge in [-0.2, -0.15) is 0 Å². The zero-order valence-corrected chi connectivity index (χ0v) is 13.6. The summed E-state index contributed by atoms with van der Waals surface area (Å²) >= 11 is 3.67. The fourth-order valence-corrected chi connectivity index (χ4v) is 3.78. The molecule has 5 heteroatoms. The summed E-state index contributed by atoms with van der Waals surface area (Å²) in [6.45, 7) is 5.19. The summed E-state index contributed by atoms with van der Waals surface area (Å²) in [6, 6.07) is 2.56. The molecule has 2 atom stereocenters. The molecule has 1 aromatic carbocycles. The Hall–Kier alpha value is -0.780. The van der Waals surface area contributed by atoms with E-state index in [4.69, 9.17) is 15.2 Å². The molecule has 1 saturated heterocycles. The van der Waals surface area contributed by atoms with Crippen molar-refractivity contribution in [1.29, 1.82) is 0 Å². The van der Waals surface area contributed by atoms with E-state index >= 15 is 0 Å². The van der Waals surface area contributed by atoms with E-state index in [2.05, 4.69) is 40.9 Å². The van der Waals surface area contributed by atoms with Gasteiger partial charge in [-0.15, -0.1) is 0 Å². The molecule has 110 valence electrons. The maximum absolute atomic E-state index is 5.83. The molecule has 0 bridgehead atoms. The van der Waals surface area contributed by atoms with E-state index in [0.29, 0.717) is 25.2 Å². The van der Waals surface area contributed by atoms with E-state index < -0.39 is 0 Å². The first-order valence-corrected chi connectivity index (χ1v) is 7.90. The third-order valence-electron chi connectivity index (χ3n) is 4.39. The van der Waals surface area contributed by atoms with E-state index in [1.165, 1.54) is 11.1 Å². The SMILES string of the molecule is Cc1c(C2CC(CN)CN2C)cc2c(c1Br)OCCO2. The van der Waals surface area contributed by atoms with Crippen molar-refractivity contribution in [2.75, 3.05) is 33.4 Å². The van der Waals surface area contributed by atoms with Crippen LogP contribution in [-0.2, 0) is 0 Å². The second kappa shape index (κ2) is 5.54. The summed E-state index contributed by atoms with van der Waals surface area (Å²) in [6.07, 6.45) is 1.11. The maximum atomic E-state index is 5.83. The number of nitrogens with two attached hydrogens (primary N) is 1. The van der Waals surface area contributed by atoms with Gasteiger partial charge in [-0.05, 0) is 66.0 Å². The van der Waals surface area contributed by atoms with E-state index in [1.54, 1.807) is 0 Å². The number of rotatable bonds is 2. The molecule has 20 heavy (non-hydrogen) atoms. The molecular formula is C15H21BrN2O2. The molecule has 1 aromatic rings. The lowest BCUT2D eigenvalue weighted by molar-refractivity contribution is 0.169. The Balaban J connectivity index is 2.00. The van der Waals surface area contributed by atoms with E-state index in [0.717, 1.165) is 35.5 Å². The normalized spacial score (nSPS) is 26.0. The van der Waals surface area contributed by atoms with Crippen molar-refractivity contribution in [1.82, 2.24) is 4.90 Å². The van der Waals surface area contributed by atoms with Gasteiger partial charge in [0.2, 0.25) is 0 Å². The Morgan fingerprint density at radius 2 is 2.15 bits per heavy atom. The van der Waals surface area contributed by atoms with Crippen LogP contribution in [0, 0.1) is 12.8 Å². The largest absolute Gasteiger partial charge is 0.486 e. The molecule has 0 aromatic heterocycles. The van der Waals surface area contributed by atoms with Crippen molar-refractivity contribution >= 4 is 15.9 Å². The zero-order chi connectivity index (χ0) is 14.3. The topological polar surface area (TPSA) is 47.7 Å². The van der Waals surface area contributed by atoms with Crippen LogP contribution in [0.1, 0.15) is 23.6 Å². The maximum Gasteiger partial charge on any atom is 0.175 e. The number of hydrogen-bond acceptors (Lipinski definition) is 4. The molecule has 2 aliphatic heterocycles. The van der Waals surface area contributed by atoms with Crippen molar-refractivity contribution in [2.45, 2.75) is 19.4 Å². The lowest BCUT2D eigenvalue weighted by atomic mass is 9.95. The first-order chi connectivity index (χ1) is 9.61. The van der Waals surface area contributed by atoms with Crippen molar-refractivity contribution in [2.24, 2.45) is 11.7 Å². The summed E-state index contributed by atoms with van der Waals surface area (Å²) in [7, 11) is 2.17. The third-order valence-corrected chi connectivity index (χ3v) is 5.34. The number of halogens is 1. The van der Waals surface area contributed by atoms with Crippen LogP contribution in [0.15, 0.2) is 10.5 Å². The predicted molar refractivity (Wildman–Crippen MR) is 82.4 cm³/mol. The average molecular weight is 341 g/mol. The quantitative estimate of drug-likeness (QED) is 0.898. The van der Waals surface area contributed by atoms with Crippen LogP contribution >= 0.6 is 15.9 Å². The summed E-state index contributed by atoms with van der Waals surface area (Å²) in [5.74, 6) is 2.28. The van der Waals surface area contributed by atoms with Crippen LogP contribution in [0.5, 0.6) is 11.5 Å². The fourth-order valence-electron chi connectivity index (χ4n) is 3.24. The van der Waals surface area contributed by atoms with E-state index in [1.807, 2.05) is 0 Å². The Bertz CT molecular complexity index is 521. The molecule has 0 aliphatic carbocycles. The summed E-state index contributed by atoms with van der Waals surface area (Å²) in [4.78, 5) is 2.39. The van der Waals surface area contributed by atoms with E-state index in [9.17, 15) is 0 Å². The predicted octanol–water partition coefficient (Wildman–Crippen LogP) is 2.48. The minimum absolute atomic E-state index is 0.413. The molecule has 0 saturated carbocycles.